The van der Waals surface area contributed by atoms with Crippen molar-refractivity contribution < 1.29 is 17.6 Å². The molecule has 0 amide bonds. The summed E-state index contributed by atoms with van der Waals surface area (Å²) in [5.74, 6) is -0.768. The van der Waals surface area contributed by atoms with Gasteiger partial charge in [-0.3, -0.25) is 0 Å². The Balaban J connectivity index is 2.02. The van der Waals surface area contributed by atoms with Crippen molar-refractivity contribution in [2.45, 2.75) is 44.3 Å². The van der Waals surface area contributed by atoms with Crippen molar-refractivity contribution in [3.8, 4) is 0 Å². The average Bonchev–Trinajstić information content (AvgIpc) is 2.41. The lowest BCUT2D eigenvalue weighted by molar-refractivity contribution is -0.137. The van der Waals surface area contributed by atoms with E-state index in [0.717, 1.165) is 37.8 Å². The first kappa shape index (κ1) is 16.0. The fraction of sp³-hybridized carbons (Fsp3) is 0.500. The first-order valence-electron chi connectivity index (χ1n) is 6.80. The largest absolute Gasteiger partial charge is 0.416 e. The molecule has 0 saturated heterocycles. The molecular formula is C14H16F4N2S. The van der Waals surface area contributed by atoms with Crippen LogP contribution in [-0.2, 0) is 6.18 Å². The van der Waals surface area contributed by atoms with Crippen LogP contribution < -0.4 is 10.6 Å². The van der Waals surface area contributed by atoms with E-state index in [1.54, 1.807) is 0 Å². The molecule has 0 heterocycles. The number of benzene rings is 1. The number of alkyl halides is 3. The van der Waals surface area contributed by atoms with E-state index < -0.39 is 17.6 Å². The summed E-state index contributed by atoms with van der Waals surface area (Å²) >= 11 is 5.04. The maximum atomic E-state index is 13.6. The molecule has 2 N–H and O–H groups in total. The van der Waals surface area contributed by atoms with Crippen LogP contribution in [0.25, 0.3) is 0 Å². The molecule has 1 aromatic carbocycles. The highest BCUT2D eigenvalue weighted by Crippen LogP contribution is 2.31. The SMILES string of the molecule is Fc1ccc(C(F)(F)F)cc1NC(=S)NC1CCCCC1. The van der Waals surface area contributed by atoms with Crippen LogP contribution in [0.1, 0.15) is 37.7 Å². The van der Waals surface area contributed by atoms with Gasteiger partial charge in [0.1, 0.15) is 5.82 Å². The van der Waals surface area contributed by atoms with Crippen molar-refractivity contribution in [2.24, 2.45) is 0 Å². The van der Waals surface area contributed by atoms with Crippen molar-refractivity contribution in [1.29, 1.82) is 0 Å². The first-order chi connectivity index (χ1) is 9.86. The fourth-order valence-electron chi connectivity index (χ4n) is 2.39. The Kier molecular flexibility index (Phi) is 5.03. The van der Waals surface area contributed by atoms with Gasteiger partial charge in [-0.2, -0.15) is 13.2 Å². The summed E-state index contributed by atoms with van der Waals surface area (Å²) in [4.78, 5) is 0. The van der Waals surface area contributed by atoms with Crippen LogP contribution in [0.2, 0.25) is 0 Å². The third kappa shape index (κ3) is 4.56. The molecule has 116 valence electrons. The highest BCUT2D eigenvalue weighted by Gasteiger charge is 2.31. The summed E-state index contributed by atoms with van der Waals surface area (Å²) < 4.78 is 51.4. The minimum absolute atomic E-state index is 0.153. The molecule has 0 radical (unpaired) electrons. The Labute approximate surface area is 125 Å². The molecule has 1 aliphatic rings. The van der Waals surface area contributed by atoms with Crippen molar-refractivity contribution in [3.05, 3.63) is 29.6 Å². The zero-order chi connectivity index (χ0) is 15.5. The predicted octanol–water partition coefficient (Wildman–Crippen LogP) is 4.46. The Morgan fingerprint density at radius 3 is 2.43 bits per heavy atom. The molecule has 0 spiro atoms. The monoisotopic (exact) mass is 320 g/mol. The fourth-order valence-corrected chi connectivity index (χ4v) is 2.66. The Morgan fingerprint density at radius 1 is 1.14 bits per heavy atom. The topological polar surface area (TPSA) is 24.1 Å². The van der Waals surface area contributed by atoms with Crippen LogP contribution in [0.5, 0.6) is 0 Å². The van der Waals surface area contributed by atoms with Crippen LogP contribution in [0, 0.1) is 5.82 Å². The van der Waals surface area contributed by atoms with E-state index in [0.29, 0.717) is 6.07 Å². The Hall–Kier alpha value is -1.37. The number of hydrogen-bond acceptors (Lipinski definition) is 1. The number of thiocarbonyl (C=S) groups is 1. The number of halogens is 4. The molecule has 0 unspecified atom stereocenters. The first-order valence-corrected chi connectivity index (χ1v) is 7.21. The van der Waals surface area contributed by atoms with Crippen LogP contribution >= 0.6 is 12.2 Å². The molecule has 2 nitrogen and oxygen atoms in total. The maximum absolute atomic E-state index is 13.6. The Morgan fingerprint density at radius 2 is 1.81 bits per heavy atom. The molecule has 0 bridgehead atoms. The zero-order valence-electron chi connectivity index (χ0n) is 11.3. The lowest BCUT2D eigenvalue weighted by atomic mass is 9.96. The molecule has 0 aromatic heterocycles. The molecule has 7 heteroatoms. The average molecular weight is 320 g/mol. The van der Waals surface area contributed by atoms with Crippen molar-refractivity contribution in [1.82, 2.24) is 5.32 Å². The lowest BCUT2D eigenvalue weighted by Crippen LogP contribution is -2.39. The second-order valence-corrected chi connectivity index (χ2v) is 5.53. The van der Waals surface area contributed by atoms with Gasteiger partial charge in [-0.05, 0) is 43.3 Å². The second-order valence-electron chi connectivity index (χ2n) is 5.13. The van der Waals surface area contributed by atoms with E-state index >= 15 is 0 Å². The molecule has 1 aromatic rings. The molecule has 0 atom stereocenters. The molecule has 21 heavy (non-hydrogen) atoms. The minimum atomic E-state index is -4.51. The summed E-state index contributed by atoms with van der Waals surface area (Å²) in [6.07, 6.45) is 0.791. The van der Waals surface area contributed by atoms with Crippen LogP contribution in [0.3, 0.4) is 0 Å². The number of hydrogen-bond donors (Lipinski definition) is 2. The Bertz CT molecular complexity index is 510. The van der Waals surface area contributed by atoms with Crippen molar-refractivity contribution in [3.63, 3.8) is 0 Å². The van der Waals surface area contributed by atoms with Crippen LogP contribution in [-0.4, -0.2) is 11.2 Å². The van der Waals surface area contributed by atoms with Gasteiger partial charge in [0.15, 0.2) is 5.11 Å². The maximum Gasteiger partial charge on any atom is 0.416 e. The van der Waals surface area contributed by atoms with Gasteiger partial charge in [-0.15, -0.1) is 0 Å². The van der Waals surface area contributed by atoms with Gasteiger partial charge < -0.3 is 10.6 Å². The molecule has 0 aliphatic heterocycles. The smallest absolute Gasteiger partial charge is 0.360 e. The van der Waals surface area contributed by atoms with Crippen LogP contribution in [0.15, 0.2) is 18.2 Å². The normalized spacial score (nSPS) is 16.6. The molecule has 1 aliphatic carbocycles. The van der Waals surface area contributed by atoms with E-state index in [9.17, 15) is 17.6 Å². The summed E-state index contributed by atoms with van der Waals surface area (Å²) in [5.41, 5.74) is -1.18. The molecular weight excluding hydrogens is 304 g/mol. The van der Waals surface area contributed by atoms with E-state index in [1.807, 2.05) is 0 Å². The third-order valence-electron chi connectivity index (χ3n) is 3.48. The summed E-state index contributed by atoms with van der Waals surface area (Å²) in [5, 5.41) is 5.69. The van der Waals surface area contributed by atoms with Gasteiger partial charge in [0, 0.05) is 6.04 Å². The van der Waals surface area contributed by atoms with Crippen molar-refractivity contribution >= 4 is 23.0 Å². The van der Waals surface area contributed by atoms with E-state index in [2.05, 4.69) is 10.6 Å². The van der Waals surface area contributed by atoms with Gasteiger partial charge in [-0.1, -0.05) is 19.3 Å². The van der Waals surface area contributed by atoms with E-state index in [4.69, 9.17) is 12.2 Å². The highest BCUT2D eigenvalue weighted by atomic mass is 32.1. The quantitative estimate of drug-likeness (QED) is 0.621. The zero-order valence-corrected chi connectivity index (χ0v) is 12.1. The molecule has 1 saturated carbocycles. The van der Waals surface area contributed by atoms with Crippen LogP contribution in [0.4, 0.5) is 23.2 Å². The van der Waals surface area contributed by atoms with Gasteiger partial charge in [0.2, 0.25) is 0 Å². The van der Waals surface area contributed by atoms with Gasteiger partial charge in [0.05, 0.1) is 11.3 Å². The number of rotatable bonds is 2. The van der Waals surface area contributed by atoms with Crippen molar-refractivity contribution in [2.75, 3.05) is 5.32 Å². The summed E-state index contributed by atoms with van der Waals surface area (Å²) in [7, 11) is 0. The summed E-state index contributed by atoms with van der Waals surface area (Å²) in [6, 6.07) is 2.42. The standard InChI is InChI=1S/C14H16F4N2S/c15-11-7-6-9(14(16,17)18)8-12(11)20-13(21)19-10-4-2-1-3-5-10/h6-8,10H,1-5H2,(H2,19,20,21). The number of nitrogens with one attached hydrogen (secondary N) is 2. The molecule has 2 rings (SSSR count). The summed E-state index contributed by atoms with van der Waals surface area (Å²) in [6.45, 7) is 0. The lowest BCUT2D eigenvalue weighted by Gasteiger charge is -2.24. The van der Waals surface area contributed by atoms with E-state index in [1.165, 1.54) is 6.42 Å². The second kappa shape index (κ2) is 6.60. The van der Waals surface area contributed by atoms with Gasteiger partial charge >= 0.3 is 6.18 Å². The number of anilines is 1. The molecule has 1 fully saturated rings. The third-order valence-corrected chi connectivity index (χ3v) is 3.70. The van der Waals surface area contributed by atoms with Gasteiger partial charge in [-0.25, -0.2) is 4.39 Å². The minimum Gasteiger partial charge on any atom is -0.360 e. The van der Waals surface area contributed by atoms with E-state index in [-0.39, 0.29) is 16.8 Å². The predicted molar refractivity (Wildman–Crippen MR) is 77.6 cm³/mol. The van der Waals surface area contributed by atoms with Gasteiger partial charge in [0.25, 0.3) is 0 Å². The highest BCUT2D eigenvalue weighted by molar-refractivity contribution is 7.80.